The van der Waals surface area contributed by atoms with Crippen LogP contribution in [0.25, 0.3) is 0 Å². The number of carbonyl (C=O) groups excluding carboxylic acids is 1. The Morgan fingerprint density at radius 1 is 1.20 bits per heavy atom. The number of nitrogens with one attached hydrogen (secondary N) is 3. The van der Waals surface area contributed by atoms with Gasteiger partial charge in [0.2, 0.25) is 11.9 Å². The smallest absolute Gasteiger partial charge is 0.247 e. The van der Waals surface area contributed by atoms with Crippen molar-refractivity contribution in [3.05, 3.63) is 65.6 Å². The van der Waals surface area contributed by atoms with Crippen molar-refractivity contribution in [1.82, 2.24) is 14.9 Å². The third-order valence-electron chi connectivity index (χ3n) is 7.48. The van der Waals surface area contributed by atoms with Gasteiger partial charge in [-0.25, -0.2) is 9.37 Å². The van der Waals surface area contributed by atoms with Crippen molar-refractivity contribution >= 4 is 52.0 Å². The molecule has 3 heterocycles. The highest BCUT2D eigenvalue weighted by Crippen LogP contribution is 2.42. The van der Waals surface area contributed by atoms with E-state index in [1.807, 2.05) is 6.07 Å². The van der Waals surface area contributed by atoms with Gasteiger partial charge in [-0.1, -0.05) is 18.2 Å². The molecule has 3 aromatic rings. The van der Waals surface area contributed by atoms with Crippen molar-refractivity contribution in [2.45, 2.75) is 25.5 Å². The summed E-state index contributed by atoms with van der Waals surface area (Å²) in [6.45, 7) is 9.48. The molecule has 2 saturated heterocycles. The number of rotatable bonds is 9. The van der Waals surface area contributed by atoms with Crippen LogP contribution in [0.4, 0.5) is 38.9 Å². The molecular formula is C29H33ClFN7O3. The van der Waals surface area contributed by atoms with Crippen molar-refractivity contribution < 1.29 is 19.0 Å². The van der Waals surface area contributed by atoms with Crippen LogP contribution < -0.4 is 25.6 Å². The third-order valence-corrected chi connectivity index (χ3v) is 7.77. The van der Waals surface area contributed by atoms with Crippen molar-refractivity contribution in [1.29, 1.82) is 0 Å². The molecule has 12 heteroatoms. The number of hydrogen-bond donors (Lipinski definition) is 4. The van der Waals surface area contributed by atoms with Crippen LogP contribution in [0.3, 0.4) is 0 Å². The molecule has 2 aliphatic rings. The van der Waals surface area contributed by atoms with Gasteiger partial charge in [0.15, 0.2) is 0 Å². The second-order valence-electron chi connectivity index (χ2n) is 10.8. The lowest BCUT2D eigenvalue weighted by atomic mass is 9.93. The summed E-state index contributed by atoms with van der Waals surface area (Å²) in [6.07, 6.45) is 2.77. The predicted octanol–water partition coefficient (Wildman–Crippen LogP) is 4.87. The Labute approximate surface area is 243 Å². The first-order chi connectivity index (χ1) is 19.5. The topological polar surface area (TPSA) is 115 Å². The zero-order valence-corrected chi connectivity index (χ0v) is 24.1. The Balaban J connectivity index is 1.45. The SMILES string of the molecule is C=CC(=O)Nc1cc(Nc2nccc(Nc3cc(Cl)c(F)cc3C(C)(C)O)n2)c(OC)cc1N1C[C@H]2CN(C)[C@@H]2C1. The highest BCUT2D eigenvalue weighted by Gasteiger charge is 2.44. The lowest BCUT2D eigenvalue weighted by Crippen LogP contribution is -2.52. The molecule has 0 bridgehead atoms. The van der Waals surface area contributed by atoms with E-state index in [9.17, 15) is 14.3 Å². The number of likely N-dealkylation sites (tertiary alicyclic amines) is 1. The zero-order valence-electron chi connectivity index (χ0n) is 23.3. The number of hydrogen-bond acceptors (Lipinski definition) is 9. The molecule has 1 aromatic heterocycles. The van der Waals surface area contributed by atoms with Crippen molar-refractivity contribution in [2.24, 2.45) is 5.92 Å². The van der Waals surface area contributed by atoms with Crippen LogP contribution in [0.15, 0.2) is 49.2 Å². The summed E-state index contributed by atoms with van der Waals surface area (Å²) in [6, 6.07) is 8.39. The molecular weight excluding hydrogens is 549 g/mol. The summed E-state index contributed by atoms with van der Waals surface area (Å²) in [5.74, 6) is 0.778. The number of aliphatic hydroxyl groups is 1. The Kier molecular flexibility index (Phi) is 7.78. The van der Waals surface area contributed by atoms with Gasteiger partial charge in [0, 0.05) is 55.1 Å². The van der Waals surface area contributed by atoms with E-state index in [4.69, 9.17) is 16.3 Å². The highest BCUT2D eigenvalue weighted by molar-refractivity contribution is 6.31. The number of benzene rings is 2. The standard InChI is InChI=1S/C29H33ClFN7O3/c1-6-27(39)34-21-11-22(25(41-5)12-23(21)38-14-16-13-37(4)24(16)15-38)35-28-32-8-7-26(36-28)33-20-10-18(30)19(31)9-17(20)29(2,3)40/h6-12,16,24,40H,1,13-15H2,2-5H3,(H,34,39)(H2,32,33,35,36)/t16-,24-/m1/s1. The normalized spacial score (nSPS) is 18.4. The number of anilines is 6. The van der Waals surface area contributed by atoms with Crippen molar-refractivity contribution in [3.63, 3.8) is 0 Å². The van der Waals surface area contributed by atoms with E-state index in [1.165, 1.54) is 18.2 Å². The first-order valence-corrected chi connectivity index (χ1v) is 13.5. The van der Waals surface area contributed by atoms with Crippen LogP contribution in [-0.4, -0.2) is 65.7 Å². The molecule has 0 aliphatic carbocycles. The molecule has 0 spiro atoms. The number of aromatic nitrogens is 2. The van der Waals surface area contributed by atoms with Crippen LogP contribution in [0.2, 0.25) is 5.02 Å². The molecule has 0 unspecified atom stereocenters. The van der Waals surface area contributed by atoms with Gasteiger partial charge in [0.25, 0.3) is 0 Å². The summed E-state index contributed by atoms with van der Waals surface area (Å²) in [5, 5.41) is 19.7. The lowest BCUT2D eigenvalue weighted by molar-refractivity contribution is -0.111. The molecule has 0 saturated carbocycles. The van der Waals surface area contributed by atoms with E-state index in [-0.39, 0.29) is 16.9 Å². The fraction of sp³-hybridized carbons (Fsp3) is 0.345. The van der Waals surface area contributed by atoms with Gasteiger partial charge in [-0.3, -0.25) is 4.79 Å². The molecule has 5 rings (SSSR count). The maximum atomic E-state index is 14.2. The minimum absolute atomic E-state index is 0.0931. The van der Waals surface area contributed by atoms with E-state index in [2.05, 4.69) is 49.3 Å². The number of carbonyl (C=O) groups is 1. The number of fused-ring (bicyclic) bond motifs is 1. The summed E-state index contributed by atoms with van der Waals surface area (Å²) in [7, 11) is 3.70. The van der Waals surface area contributed by atoms with Gasteiger partial charge in [-0.05, 0) is 51.2 Å². The number of likely N-dealkylation sites (N-methyl/N-ethyl adjacent to an activating group) is 1. The number of methoxy groups -OCH3 is 1. The fourth-order valence-corrected chi connectivity index (χ4v) is 5.55. The minimum Gasteiger partial charge on any atom is -0.494 e. The fourth-order valence-electron chi connectivity index (χ4n) is 5.38. The second kappa shape index (κ2) is 11.2. The average Bonchev–Trinajstić information content (AvgIpc) is 3.27. The van der Waals surface area contributed by atoms with E-state index in [0.29, 0.717) is 46.2 Å². The van der Waals surface area contributed by atoms with Crippen LogP contribution in [0.1, 0.15) is 19.4 Å². The zero-order chi connectivity index (χ0) is 29.5. The average molecular weight is 582 g/mol. The first kappa shape index (κ1) is 28.6. The molecule has 4 N–H and O–H groups in total. The summed E-state index contributed by atoms with van der Waals surface area (Å²) >= 11 is 6.02. The number of amides is 1. The molecule has 10 nitrogen and oxygen atoms in total. The van der Waals surface area contributed by atoms with Gasteiger partial charge in [0.1, 0.15) is 17.4 Å². The maximum absolute atomic E-state index is 14.2. The van der Waals surface area contributed by atoms with E-state index in [0.717, 1.165) is 25.3 Å². The largest absolute Gasteiger partial charge is 0.494 e. The molecule has 2 fully saturated rings. The molecule has 2 aromatic carbocycles. The van der Waals surface area contributed by atoms with E-state index >= 15 is 0 Å². The van der Waals surface area contributed by atoms with Crippen LogP contribution in [0.5, 0.6) is 5.75 Å². The highest BCUT2D eigenvalue weighted by atomic mass is 35.5. The van der Waals surface area contributed by atoms with Gasteiger partial charge < -0.3 is 35.6 Å². The maximum Gasteiger partial charge on any atom is 0.247 e. The van der Waals surface area contributed by atoms with Gasteiger partial charge in [-0.2, -0.15) is 4.98 Å². The quantitative estimate of drug-likeness (QED) is 0.263. The summed E-state index contributed by atoms with van der Waals surface area (Å²) in [4.78, 5) is 25.8. The minimum atomic E-state index is -1.34. The predicted molar refractivity (Wildman–Crippen MR) is 159 cm³/mol. The van der Waals surface area contributed by atoms with Gasteiger partial charge >= 0.3 is 0 Å². The van der Waals surface area contributed by atoms with Gasteiger partial charge in [-0.15, -0.1) is 0 Å². The Morgan fingerprint density at radius 3 is 2.63 bits per heavy atom. The number of halogens is 2. The van der Waals surface area contributed by atoms with Crippen molar-refractivity contribution in [3.8, 4) is 5.75 Å². The number of nitrogens with zero attached hydrogens (tertiary/aromatic N) is 4. The van der Waals surface area contributed by atoms with E-state index in [1.54, 1.807) is 39.3 Å². The molecule has 2 atom stereocenters. The first-order valence-electron chi connectivity index (χ1n) is 13.2. The Hall–Kier alpha value is -3.93. The molecule has 0 radical (unpaired) electrons. The Morgan fingerprint density at radius 2 is 1.98 bits per heavy atom. The summed E-state index contributed by atoms with van der Waals surface area (Å²) in [5.41, 5.74) is 1.37. The molecule has 2 aliphatic heterocycles. The van der Waals surface area contributed by atoms with Crippen molar-refractivity contribution in [2.75, 3.05) is 54.6 Å². The van der Waals surface area contributed by atoms with Crippen LogP contribution in [-0.2, 0) is 10.4 Å². The van der Waals surface area contributed by atoms with Gasteiger partial charge in [0.05, 0.1) is 34.8 Å². The monoisotopic (exact) mass is 581 g/mol. The molecule has 1 amide bonds. The molecule has 216 valence electrons. The van der Waals surface area contributed by atoms with E-state index < -0.39 is 11.4 Å². The summed E-state index contributed by atoms with van der Waals surface area (Å²) < 4.78 is 19.9. The van der Waals surface area contributed by atoms with Crippen LogP contribution >= 0.6 is 11.6 Å². The Bertz CT molecular complexity index is 1500. The third kappa shape index (κ3) is 5.92. The second-order valence-corrected chi connectivity index (χ2v) is 11.2. The number of ether oxygens (including phenoxy) is 1. The lowest BCUT2D eigenvalue weighted by Gasteiger charge is -2.40. The van der Waals surface area contributed by atoms with Crippen LogP contribution in [0, 0.1) is 11.7 Å². The molecule has 41 heavy (non-hydrogen) atoms.